The summed E-state index contributed by atoms with van der Waals surface area (Å²) >= 11 is 0. The van der Waals surface area contributed by atoms with Gasteiger partial charge in [-0.15, -0.1) is 0 Å². The molecule has 0 radical (unpaired) electrons. The lowest BCUT2D eigenvalue weighted by atomic mass is 9.92. The first-order valence-electron chi connectivity index (χ1n) is 6.62. The SMILES string of the molecule is CC(C)C1=CC(C(C)C)Oc2ccc(F)cc2C1=O. The summed E-state index contributed by atoms with van der Waals surface area (Å²) in [6, 6.07) is 4.12. The van der Waals surface area contributed by atoms with Crippen molar-refractivity contribution in [3.05, 3.63) is 41.2 Å². The van der Waals surface area contributed by atoms with Crippen molar-refractivity contribution in [2.45, 2.75) is 33.8 Å². The summed E-state index contributed by atoms with van der Waals surface area (Å²) in [7, 11) is 0. The predicted octanol–water partition coefficient (Wildman–Crippen LogP) is 4.01. The van der Waals surface area contributed by atoms with Crippen LogP contribution in [0.4, 0.5) is 4.39 Å². The van der Waals surface area contributed by atoms with Gasteiger partial charge in [0.15, 0.2) is 5.78 Å². The van der Waals surface area contributed by atoms with Gasteiger partial charge >= 0.3 is 0 Å². The van der Waals surface area contributed by atoms with Crippen LogP contribution in [0.3, 0.4) is 0 Å². The Morgan fingerprint density at radius 1 is 1.21 bits per heavy atom. The van der Waals surface area contributed by atoms with Crippen LogP contribution in [0.2, 0.25) is 0 Å². The summed E-state index contributed by atoms with van der Waals surface area (Å²) in [5.74, 6) is 0.260. The summed E-state index contributed by atoms with van der Waals surface area (Å²) in [5, 5.41) is 0. The third-order valence-electron chi connectivity index (χ3n) is 3.33. The van der Waals surface area contributed by atoms with E-state index in [9.17, 15) is 9.18 Å². The molecule has 0 fully saturated rings. The second-order valence-corrected chi connectivity index (χ2v) is 5.57. The Kier molecular flexibility index (Phi) is 3.74. The van der Waals surface area contributed by atoms with E-state index in [-0.39, 0.29) is 23.7 Å². The third-order valence-corrected chi connectivity index (χ3v) is 3.33. The van der Waals surface area contributed by atoms with Gasteiger partial charge in [0.05, 0.1) is 5.56 Å². The highest BCUT2D eigenvalue weighted by atomic mass is 19.1. The normalized spacial score (nSPS) is 19.0. The average Bonchev–Trinajstić information content (AvgIpc) is 2.47. The molecule has 0 saturated carbocycles. The second-order valence-electron chi connectivity index (χ2n) is 5.57. The van der Waals surface area contributed by atoms with Crippen LogP contribution < -0.4 is 4.74 Å². The molecule has 1 unspecified atom stereocenters. The summed E-state index contributed by atoms with van der Waals surface area (Å²) in [4.78, 5) is 12.5. The minimum absolute atomic E-state index is 0.0894. The number of hydrogen-bond acceptors (Lipinski definition) is 2. The zero-order valence-electron chi connectivity index (χ0n) is 11.7. The van der Waals surface area contributed by atoms with Crippen LogP contribution in [-0.2, 0) is 0 Å². The first-order chi connectivity index (χ1) is 8.90. The quantitative estimate of drug-likeness (QED) is 0.805. The van der Waals surface area contributed by atoms with Gasteiger partial charge in [0.1, 0.15) is 17.7 Å². The number of rotatable bonds is 2. The molecular formula is C16H19FO2. The fourth-order valence-corrected chi connectivity index (χ4v) is 2.15. The molecular weight excluding hydrogens is 243 g/mol. The van der Waals surface area contributed by atoms with E-state index in [0.29, 0.717) is 16.9 Å². The molecule has 0 bridgehead atoms. The molecule has 1 atom stereocenters. The Morgan fingerprint density at radius 2 is 1.89 bits per heavy atom. The molecule has 2 rings (SSSR count). The molecule has 1 aromatic rings. The van der Waals surface area contributed by atoms with Crippen LogP contribution in [0.1, 0.15) is 38.1 Å². The van der Waals surface area contributed by atoms with Crippen molar-refractivity contribution in [2.75, 3.05) is 0 Å². The largest absolute Gasteiger partial charge is 0.485 e. The van der Waals surface area contributed by atoms with Gasteiger partial charge in [0.25, 0.3) is 0 Å². The van der Waals surface area contributed by atoms with Gasteiger partial charge in [0.2, 0.25) is 0 Å². The Morgan fingerprint density at radius 3 is 2.47 bits per heavy atom. The van der Waals surface area contributed by atoms with Gasteiger partial charge in [0, 0.05) is 5.57 Å². The molecule has 1 aromatic carbocycles. The standard InChI is InChI=1S/C16H19FO2/c1-9(2)12-8-15(10(3)4)19-14-6-5-11(17)7-13(14)16(12)18/h5-10,15H,1-4H3. The molecule has 0 saturated heterocycles. The van der Waals surface area contributed by atoms with Crippen molar-refractivity contribution in [1.29, 1.82) is 0 Å². The van der Waals surface area contributed by atoms with E-state index in [1.807, 2.05) is 33.8 Å². The first-order valence-corrected chi connectivity index (χ1v) is 6.62. The summed E-state index contributed by atoms with van der Waals surface area (Å²) in [6.45, 7) is 8.01. The highest BCUT2D eigenvalue weighted by Crippen LogP contribution is 2.31. The molecule has 19 heavy (non-hydrogen) atoms. The maximum absolute atomic E-state index is 13.4. The van der Waals surface area contributed by atoms with Crippen LogP contribution in [0, 0.1) is 17.7 Å². The van der Waals surface area contributed by atoms with Crippen LogP contribution in [-0.4, -0.2) is 11.9 Å². The average molecular weight is 262 g/mol. The van der Waals surface area contributed by atoms with Gasteiger partial charge in [-0.2, -0.15) is 0 Å². The lowest BCUT2D eigenvalue weighted by Gasteiger charge is -2.19. The van der Waals surface area contributed by atoms with Crippen molar-refractivity contribution in [3.8, 4) is 5.75 Å². The number of allylic oxidation sites excluding steroid dienone is 1. The van der Waals surface area contributed by atoms with Gasteiger partial charge in [-0.05, 0) is 36.1 Å². The number of ketones is 1. The Hall–Kier alpha value is -1.64. The van der Waals surface area contributed by atoms with E-state index < -0.39 is 5.82 Å². The van der Waals surface area contributed by atoms with Crippen molar-refractivity contribution in [3.63, 3.8) is 0 Å². The number of halogens is 1. The van der Waals surface area contributed by atoms with Gasteiger partial charge < -0.3 is 4.74 Å². The lowest BCUT2D eigenvalue weighted by Crippen LogP contribution is -2.20. The summed E-state index contributed by atoms with van der Waals surface area (Å²) < 4.78 is 19.2. The molecule has 0 aromatic heterocycles. The van der Waals surface area contributed by atoms with E-state index in [1.54, 1.807) is 0 Å². The molecule has 1 aliphatic heterocycles. The molecule has 0 spiro atoms. The van der Waals surface area contributed by atoms with E-state index in [1.165, 1.54) is 18.2 Å². The fraction of sp³-hybridized carbons (Fsp3) is 0.438. The van der Waals surface area contributed by atoms with Crippen LogP contribution in [0.25, 0.3) is 0 Å². The lowest BCUT2D eigenvalue weighted by molar-refractivity contribution is 0.102. The minimum atomic E-state index is -0.415. The molecule has 102 valence electrons. The molecule has 0 aliphatic carbocycles. The highest BCUT2D eigenvalue weighted by molar-refractivity contribution is 6.11. The van der Waals surface area contributed by atoms with Crippen molar-refractivity contribution in [2.24, 2.45) is 11.8 Å². The molecule has 0 amide bonds. The van der Waals surface area contributed by atoms with Crippen LogP contribution in [0.5, 0.6) is 5.75 Å². The van der Waals surface area contributed by atoms with Gasteiger partial charge in [-0.1, -0.05) is 27.7 Å². The highest BCUT2D eigenvalue weighted by Gasteiger charge is 2.27. The minimum Gasteiger partial charge on any atom is -0.485 e. The monoisotopic (exact) mass is 262 g/mol. The van der Waals surface area contributed by atoms with E-state index in [0.717, 1.165) is 0 Å². The van der Waals surface area contributed by atoms with Crippen molar-refractivity contribution >= 4 is 5.78 Å². The topological polar surface area (TPSA) is 26.3 Å². The molecule has 2 nitrogen and oxygen atoms in total. The van der Waals surface area contributed by atoms with Crippen LogP contribution in [0.15, 0.2) is 29.8 Å². The van der Waals surface area contributed by atoms with Gasteiger partial charge in [-0.25, -0.2) is 4.39 Å². The maximum atomic E-state index is 13.4. The summed E-state index contributed by atoms with van der Waals surface area (Å²) in [6.07, 6.45) is 1.73. The number of Topliss-reactive ketones (excluding diaryl/α,β-unsaturated/α-hetero) is 1. The number of hydrogen-bond donors (Lipinski definition) is 0. The second kappa shape index (κ2) is 5.16. The van der Waals surface area contributed by atoms with Crippen molar-refractivity contribution < 1.29 is 13.9 Å². The number of carbonyl (C=O) groups is 1. The Bertz CT molecular complexity index is 530. The van der Waals surface area contributed by atoms with Gasteiger partial charge in [-0.3, -0.25) is 4.79 Å². The molecule has 0 N–H and O–H groups in total. The maximum Gasteiger partial charge on any atom is 0.192 e. The predicted molar refractivity (Wildman–Crippen MR) is 72.9 cm³/mol. The number of fused-ring (bicyclic) bond motifs is 1. The van der Waals surface area contributed by atoms with Crippen molar-refractivity contribution in [1.82, 2.24) is 0 Å². The molecule has 3 heteroatoms. The third kappa shape index (κ3) is 2.70. The summed E-state index contributed by atoms with van der Waals surface area (Å²) in [5.41, 5.74) is 1.02. The fourth-order valence-electron chi connectivity index (χ4n) is 2.15. The smallest absolute Gasteiger partial charge is 0.192 e. The van der Waals surface area contributed by atoms with E-state index >= 15 is 0 Å². The number of carbonyl (C=O) groups excluding carboxylic acids is 1. The number of benzene rings is 1. The number of ether oxygens (including phenoxy) is 1. The van der Waals surface area contributed by atoms with Crippen LogP contribution >= 0.6 is 0 Å². The zero-order chi connectivity index (χ0) is 14.2. The Balaban J connectivity index is 2.56. The molecule has 1 aliphatic rings. The van der Waals surface area contributed by atoms with E-state index in [4.69, 9.17) is 4.74 Å². The Labute approximate surface area is 113 Å². The van der Waals surface area contributed by atoms with E-state index in [2.05, 4.69) is 0 Å². The first kappa shape index (κ1) is 13.8. The zero-order valence-corrected chi connectivity index (χ0v) is 11.7. The molecule has 1 heterocycles.